The summed E-state index contributed by atoms with van der Waals surface area (Å²) in [4.78, 5) is 18.7. The van der Waals surface area contributed by atoms with Crippen molar-refractivity contribution in [1.82, 2.24) is 9.71 Å². The fraction of sp³-hybridized carbons (Fsp3) is 0.190. The number of aromatic nitrogens is 1. The molecule has 0 aliphatic rings. The summed E-state index contributed by atoms with van der Waals surface area (Å²) < 4.78 is 62.2. The Kier molecular flexibility index (Phi) is 7.04. The second-order valence-corrected chi connectivity index (χ2v) is 9.84. The first kappa shape index (κ1) is 24.2. The number of halogens is 3. The predicted molar refractivity (Wildman–Crippen MR) is 118 cm³/mol. The van der Waals surface area contributed by atoms with E-state index in [1.165, 1.54) is 11.6 Å². The number of hydrogen-bond acceptors (Lipinski definition) is 7. The van der Waals surface area contributed by atoms with Crippen molar-refractivity contribution in [2.75, 3.05) is 10.7 Å². The highest BCUT2D eigenvalue weighted by atomic mass is 32.2. The van der Waals surface area contributed by atoms with Crippen molar-refractivity contribution in [3.63, 3.8) is 0 Å². The summed E-state index contributed by atoms with van der Waals surface area (Å²) in [5.74, 6) is -3.41. The summed E-state index contributed by atoms with van der Waals surface area (Å²) in [5.41, 5.74) is 1.73. The van der Waals surface area contributed by atoms with Gasteiger partial charge in [0.15, 0.2) is 10.9 Å². The Balaban J connectivity index is 1.94. The molecular weight excluding hydrogens is 477 g/mol. The number of nitriles is 1. The van der Waals surface area contributed by atoms with Crippen LogP contribution in [0.3, 0.4) is 0 Å². The van der Waals surface area contributed by atoms with E-state index in [1.807, 2.05) is 36.4 Å². The molecule has 7 nitrogen and oxygen atoms in total. The molecule has 0 saturated carbocycles. The highest BCUT2D eigenvalue weighted by Gasteiger charge is 2.36. The summed E-state index contributed by atoms with van der Waals surface area (Å²) in [6, 6.07) is 18.0. The molecule has 33 heavy (non-hydrogen) atoms. The zero-order valence-electron chi connectivity index (χ0n) is 17.1. The lowest BCUT2D eigenvalue weighted by Gasteiger charge is -2.22. The number of anilines is 2. The van der Waals surface area contributed by atoms with Crippen LogP contribution in [-0.2, 0) is 16.6 Å². The lowest BCUT2D eigenvalue weighted by molar-refractivity contribution is -0.106. The SMILES string of the molecule is Cc1sc(N(Cc2ccccc2)c2ccc(C#N)cc2)nc1C(=O)NS(=O)(=O)CC(F)(F)F. The number of aryl methyl sites for hydroxylation is 1. The van der Waals surface area contributed by atoms with Gasteiger partial charge >= 0.3 is 6.18 Å². The van der Waals surface area contributed by atoms with Crippen molar-refractivity contribution in [2.45, 2.75) is 19.6 Å². The standard InChI is InChI=1S/C21H17F3N4O3S2/c1-14-18(19(29)27-33(30,31)13-21(22,23)24)26-20(32-14)28(12-16-5-3-2-4-6-16)17-9-7-15(11-25)8-10-17/h2-10H,12-13H2,1H3,(H,27,29). The minimum atomic E-state index is -4.99. The van der Waals surface area contributed by atoms with Crippen molar-refractivity contribution in [1.29, 1.82) is 5.26 Å². The fourth-order valence-electron chi connectivity index (χ4n) is 2.90. The molecule has 3 aromatic rings. The van der Waals surface area contributed by atoms with E-state index in [4.69, 9.17) is 5.26 Å². The molecule has 1 aromatic heterocycles. The number of nitrogens with one attached hydrogen (secondary N) is 1. The van der Waals surface area contributed by atoms with Crippen LogP contribution < -0.4 is 9.62 Å². The van der Waals surface area contributed by atoms with Gasteiger partial charge in [0.2, 0.25) is 10.0 Å². The van der Waals surface area contributed by atoms with Crippen LogP contribution in [0.4, 0.5) is 24.0 Å². The van der Waals surface area contributed by atoms with E-state index in [-0.39, 0.29) is 5.69 Å². The van der Waals surface area contributed by atoms with Gasteiger partial charge in [-0.25, -0.2) is 18.1 Å². The van der Waals surface area contributed by atoms with Crippen LogP contribution in [0.15, 0.2) is 54.6 Å². The molecule has 0 aliphatic heterocycles. The van der Waals surface area contributed by atoms with Crippen LogP contribution in [0.2, 0.25) is 0 Å². The molecule has 0 atom stereocenters. The third-order valence-electron chi connectivity index (χ3n) is 4.32. The summed E-state index contributed by atoms with van der Waals surface area (Å²) in [7, 11) is -4.93. The van der Waals surface area contributed by atoms with Gasteiger partial charge in [0.25, 0.3) is 5.91 Å². The molecule has 12 heteroatoms. The van der Waals surface area contributed by atoms with E-state index in [0.717, 1.165) is 16.9 Å². The second-order valence-electron chi connectivity index (χ2n) is 6.94. The quantitative estimate of drug-likeness (QED) is 0.526. The lowest BCUT2D eigenvalue weighted by Crippen LogP contribution is -2.37. The molecule has 1 amide bonds. The van der Waals surface area contributed by atoms with Gasteiger partial charge in [0.1, 0.15) is 5.69 Å². The number of sulfonamides is 1. The number of thiazole rings is 1. The smallest absolute Gasteiger partial charge is 0.313 e. The third kappa shape index (κ3) is 6.53. The fourth-order valence-corrected chi connectivity index (χ4v) is 4.71. The zero-order chi connectivity index (χ0) is 24.2. The van der Waals surface area contributed by atoms with Gasteiger partial charge in [-0.15, -0.1) is 11.3 Å². The van der Waals surface area contributed by atoms with E-state index in [1.54, 1.807) is 29.2 Å². The normalized spacial score (nSPS) is 11.6. The lowest BCUT2D eigenvalue weighted by atomic mass is 10.2. The van der Waals surface area contributed by atoms with Crippen LogP contribution in [0.5, 0.6) is 0 Å². The maximum absolute atomic E-state index is 12.5. The van der Waals surface area contributed by atoms with E-state index in [2.05, 4.69) is 4.98 Å². The number of hydrogen-bond donors (Lipinski definition) is 1. The minimum Gasteiger partial charge on any atom is -0.313 e. The Morgan fingerprint density at radius 3 is 2.36 bits per heavy atom. The van der Waals surface area contributed by atoms with Crippen molar-refractivity contribution >= 4 is 38.1 Å². The van der Waals surface area contributed by atoms with Crippen LogP contribution >= 0.6 is 11.3 Å². The van der Waals surface area contributed by atoms with Crippen LogP contribution in [0, 0.1) is 18.3 Å². The number of carbonyl (C=O) groups is 1. The first-order valence-electron chi connectivity index (χ1n) is 9.38. The number of rotatable bonds is 7. The minimum absolute atomic E-state index is 0.285. The number of nitrogens with zero attached hydrogens (tertiary/aromatic N) is 3. The molecule has 0 aliphatic carbocycles. The van der Waals surface area contributed by atoms with Gasteiger partial charge in [-0.3, -0.25) is 4.79 Å². The molecular formula is C21H17F3N4O3S2. The van der Waals surface area contributed by atoms with Crippen LogP contribution in [0.1, 0.15) is 26.5 Å². The highest BCUT2D eigenvalue weighted by Crippen LogP contribution is 2.33. The molecule has 0 unspecified atom stereocenters. The van der Waals surface area contributed by atoms with Crippen molar-refractivity contribution in [3.05, 3.63) is 76.3 Å². The molecule has 0 spiro atoms. The average Bonchev–Trinajstić information content (AvgIpc) is 3.12. The Morgan fingerprint density at radius 1 is 1.15 bits per heavy atom. The van der Waals surface area contributed by atoms with E-state index < -0.39 is 27.9 Å². The summed E-state index contributed by atoms with van der Waals surface area (Å²) in [6.07, 6.45) is -4.99. The Morgan fingerprint density at radius 2 is 1.79 bits per heavy atom. The number of benzene rings is 2. The van der Waals surface area contributed by atoms with Crippen molar-refractivity contribution < 1.29 is 26.4 Å². The molecule has 0 fully saturated rings. The van der Waals surface area contributed by atoms with Gasteiger partial charge in [-0.1, -0.05) is 30.3 Å². The zero-order valence-corrected chi connectivity index (χ0v) is 18.8. The van der Waals surface area contributed by atoms with Gasteiger partial charge in [-0.05, 0) is 36.8 Å². The summed E-state index contributed by atoms with van der Waals surface area (Å²) >= 11 is 1.09. The molecule has 1 N–H and O–H groups in total. The number of alkyl halides is 3. The van der Waals surface area contributed by atoms with Crippen LogP contribution in [0.25, 0.3) is 0 Å². The van der Waals surface area contributed by atoms with E-state index in [9.17, 15) is 26.4 Å². The summed E-state index contributed by atoms with van der Waals surface area (Å²) in [6.45, 7) is 1.86. The number of carbonyl (C=O) groups excluding carboxylic acids is 1. The average molecular weight is 495 g/mol. The second kappa shape index (κ2) is 9.60. The molecule has 172 valence electrons. The van der Waals surface area contributed by atoms with Crippen molar-refractivity contribution in [2.24, 2.45) is 0 Å². The van der Waals surface area contributed by atoms with Gasteiger partial charge in [0.05, 0.1) is 18.2 Å². The van der Waals surface area contributed by atoms with Gasteiger partial charge in [0, 0.05) is 10.6 Å². The molecule has 3 rings (SSSR count). The van der Waals surface area contributed by atoms with E-state index in [0.29, 0.717) is 27.8 Å². The van der Waals surface area contributed by atoms with Crippen molar-refractivity contribution in [3.8, 4) is 6.07 Å². The third-order valence-corrected chi connectivity index (χ3v) is 6.52. The Labute approximate surface area is 192 Å². The monoisotopic (exact) mass is 494 g/mol. The molecule has 1 heterocycles. The first-order chi connectivity index (χ1) is 15.5. The first-order valence-corrected chi connectivity index (χ1v) is 11.8. The molecule has 0 radical (unpaired) electrons. The maximum Gasteiger partial charge on any atom is 0.404 e. The molecule has 2 aromatic carbocycles. The van der Waals surface area contributed by atoms with Gasteiger partial charge < -0.3 is 4.90 Å². The number of amides is 1. The summed E-state index contributed by atoms with van der Waals surface area (Å²) in [5, 5.41) is 9.38. The molecule has 0 saturated heterocycles. The maximum atomic E-state index is 12.5. The predicted octanol–water partition coefficient (Wildman–Crippen LogP) is 4.28. The highest BCUT2D eigenvalue weighted by molar-refractivity contribution is 7.90. The Bertz CT molecular complexity index is 1280. The van der Waals surface area contributed by atoms with Gasteiger partial charge in [-0.2, -0.15) is 18.4 Å². The topological polar surface area (TPSA) is 103 Å². The largest absolute Gasteiger partial charge is 0.404 e. The van der Waals surface area contributed by atoms with Crippen LogP contribution in [-0.4, -0.2) is 31.2 Å². The van der Waals surface area contributed by atoms with E-state index >= 15 is 0 Å². The molecule has 0 bridgehead atoms. The Hall–Kier alpha value is -3.43.